The lowest BCUT2D eigenvalue weighted by atomic mass is 9.95. The highest BCUT2D eigenvalue weighted by atomic mass is 16.5. The maximum Gasteiger partial charge on any atom is 0.240 e. The van der Waals surface area contributed by atoms with Gasteiger partial charge in [-0.15, -0.1) is 0 Å². The Balaban J connectivity index is 1.83. The van der Waals surface area contributed by atoms with Crippen LogP contribution in [0, 0.1) is 0 Å². The summed E-state index contributed by atoms with van der Waals surface area (Å²) in [5.74, 6) is -0.159. The minimum atomic E-state index is -0.711. The smallest absolute Gasteiger partial charge is 0.240 e. The summed E-state index contributed by atoms with van der Waals surface area (Å²) in [4.78, 5) is 27.7. The second-order valence-electron chi connectivity index (χ2n) is 6.77. The van der Waals surface area contributed by atoms with E-state index in [0.717, 1.165) is 37.1 Å². The fraction of sp³-hybridized carbons (Fsp3) is 0.556. The van der Waals surface area contributed by atoms with Gasteiger partial charge in [-0.1, -0.05) is 12.1 Å². The number of nitrogens with zero attached hydrogens (tertiary/aromatic N) is 2. The summed E-state index contributed by atoms with van der Waals surface area (Å²) in [6.45, 7) is 1.82. The van der Waals surface area contributed by atoms with Crippen LogP contribution in [0.1, 0.15) is 30.4 Å². The number of anilines is 1. The van der Waals surface area contributed by atoms with Crippen molar-refractivity contribution >= 4 is 17.5 Å². The number of aryl methyl sites for hydroxylation is 1. The van der Waals surface area contributed by atoms with Crippen LogP contribution in [0.4, 0.5) is 5.69 Å². The molecule has 3 rings (SSSR count). The predicted molar refractivity (Wildman–Crippen MR) is 91.6 cm³/mol. The Morgan fingerprint density at radius 1 is 1.38 bits per heavy atom. The number of amides is 2. The van der Waals surface area contributed by atoms with Crippen molar-refractivity contribution in [2.24, 2.45) is 5.73 Å². The Hall–Kier alpha value is -1.92. The van der Waals surface area contributed by atoms with Gasteiger partial charge < -0.3 is 15.4 Å². The monoisotopic (exact) mass is 331 g/mol. The van der Waals surface area contributed by atoms with Crippen LogP contribution in [0.5, 0.6) is 0 Å². The second-order valence-corrected chi connectivity index (χ2v) is 6.77. The Bertz CT molecular complexity index is 661. The first-order valence-corrected chi connectivity index (χ1v) is 8.40. The molecular formula is C18H25N3O3. The van der Waals surface area contributed by atoms with Crippen LogP contribution in [-0.4, -0.2) is 49.6 Å². The molecule has 1 aromatic rings. The van der Waals surface area contributed by atoms with Crippen LogP contribution in [-0.2, 0) is 27.3 Å². The summed E-state index contributed by atoms with van der Waals surface area (Å²) in [6, 6.07) is 6.18. The number of benzene rings is 1. The first-order valence-electron chi connectivity index (χ1n) is 8.40. The van der Waals surface area contributed by atoms with Crippen molar-refractivity contribution in [2.75, 3.05) is 32.2 Å². The minimum absolute atomic E-state index is 0.155. The van der Waals surface area contributed by atoms with Gasteiger partial charge in [0.1, 0.15) is 5.54 Å². The van der Waals surface area contributed by atoms with E-state index in [2.05, 4.69) is 11.0 Å². The highest BCUT2D eigenvalue weighted by Crippen LogP contribution is 2.33. The van der Waals surface area contributed by atoms with E-state index >= 15 is 0 Å². The molecule has 1 unspecified atom stereocenters. The predicted octanol–water partition coefficient (Wildman–Crippen LogP) is 1.06. The van der Waals surface area contributed by atoms with Crippen molar-refractivity contribution in [3.8, 4) is 0 Å². The second kappa shape index (κ2) is 6.53. The van der Waals surface area contributed by atoms with E-state index in [-0.39, 0.29) is 11.8 Å². The molecule has 6 nitrogen and oxygen atoms in total. The number of hydrogen-bond donors (Lipinski definition) is 1. The van der Waals surface area contributed by atoms with Crippen LogP contribution in [0.25, 0.3) is 0 Å². The molecule has 0 aromatic heterocycles. The number of rotatable bonds is 5. The Morgan fingerprint density at radius 3 is 2.88 bits per heavy atom. The fourth-order valence-electron chi connectivity index (χ4n) is 3.95. The molecule has 2 N–H and O–H groups in total. The molecule has 6 heteroatoms. The third-order valence-electron chi connectivity index (χ3n) is 5.33. The van der Waals surface area contributed by atoms with Gasteiger partial charge in [0.25, 0.3) is 0 Å². The molecule has 130 valence electrons. The number of likely N-dealkylation sites (tertiary alicyclic amines) is 1. The Labute approximate surface area is 142 Å². The van der Waals surface area contributed by atoms with E-state index in [9.17, 15) is 9.59 Å². The standard InChI is InChI=1S/C18H25N3O3/c1-20-15-6-4-13(10-14(15)5-7-16(20)22)11-21-9-3-8-18(21,12-24-2)17(19)23/h4,6,10H,3,5,7-9,11-12H2,1-2H3,(H2,19,23). The number of primary amides is 1. The molecule has 0 saturated carbocycles. The minimum Gasteiger partial charge on any atom is -0.382 e. The molecule has 1 saturated heterocycles. The third-order valence-corrected chi connectivity index (χ3v) is 5.33. The van der Waals surface area contributed by atoms with Gasteiger partial charge in [-0.05, 0) is 43.0 Å². The molecule has 1 fully saturated rings. The van der Waals surface area contributed by atoms with E-state index in [1.54, 1.807) is 12.0 Å². The number of nitrogens with two attached hydrogens (primary N) is 1. The molecule has 0 radical (unpaired) electrons. The summed E-state index contributed by atoms with van der Waals surface area (Å²) < 4.78 is 5.29. The van der Waals surface area contributed by atoms with Crippen LogP contribution in [0.3, 0.4) is 0 Å². The molecular weight excluding hydrogens is 306 g/mol. The van der Waals surface area contributed by atoms with Crippen molar-refractivity contribution in [1.29, 1.82) is 0 Å². The van der Waals surface area contributed by atoms with Gasteiger partial charge in [-0.3, -0.25) is 14.5 Å². The topological polar surface area (TPSA) is 75.9 Å². The molecule has 24 heavy (non-hydrogen) atoms. The van der Waals surface area contributed by atoms with Gasteiger partial charge in [0.15, 0.2) is 0 Å². The number of hydrogen-bond acceptors (Lipinski definition) is 4. The SMILES string of the molecule is COCC1(C(N)=O)CCCN1Cc1ccc2c(c1)CCC(=O)N2C. The number of ether oxygens (including phenoxy) is 1. The van der Waals surface area contributed by atoms with Crippen LogP contribution >= 0.6 is 0 Å². The zero-order valence-electron chi connectivity index (χ0n) is 14.4. The number of carbonyl (C=O) groups excluding carboxylic acids is 2. The van der Waals surface area contributed by atoms with E-state index in [4.69, 9.17) is 10.5 Å². The average Bonchev–Trinajstić information content (AvgIpc) is 2.95. The zero-order chi connectivity index (χ0) is 17.3. The summed E-state index contributed by atoms with van der Waals surface area (Å²) >= 11 is 0. The largest absolute Gasteiger partial charge is 0.382 e. The van der Waals surface area contributed by atoms with Crippen molar-refractivity contribution < 1.29 is 14.3 Å². The first-order chi connectivity index (χ1) is 11.5. The lowest BCUT2D eigenvalue weighted by molar-refractivity contribution is -0.132. The van der Waals surface area contributed by atoms with Gasteiger partial charge in [0, 0.05) is 32.8 Å². The summed E-state index contributed by atoms with van der Waals surface area (Å²) in [7, 11) is 3.42. The van der Waals surface area contributed by atoms with E-state index < -0.39 is 5.54 Å². The third kappa shape index (κ3) is 2.80. The fourth-order valence-corrected chi connectivity index (χ4v) is 3.95. The molecule has 1 atom stereocenters. The maximum atomic E-state index is 12.1. The lowest BCUT2D eigenvalue weighted by Crippen LogP contribution is -2.56. The highest BCUT2D eigenvalue weighted by Gasteiger charge is 2.46. The van der Waals surface area contributed by atoms with Gasteiger partial charge >= 0.3 is 0 Å². The van der Waals surface area contributed by atoms with Crippen LogP contribution in [0.2, 0.25) is 0 Å². The Morgan fingerprint density at radius 2 is 2.17 bits per heavy atom. The van der Waals surface area contributed by atoms with Crippen LogP contribution in [0.15, 0.2) is 18.2 Å². The number of carbonyl (C=O) groups is 2. The normalized spacial score (nSPS) is 24.2. The van der Waals surface area contributed by atoms with Gasteiger partial charge in [0.2, 0.25) is 11.8 Å². The maximum absolute atomic E-state index is 12.1. The average molecular weight is 331 g/mol. The summed E-state index contributed by atoms with van der Waals surface area (Å²) in [5.41, 5.74) is 8.30. The highest BCUT2D eigenvalue weighted by molar-refractivity contribution is 5.95. The molecule has 2 heterocycles. The van der Waals surface area contributed by atoms with Crippen molar-refractivity contribution in [3.63, 3.8) is 0 Å². The van der Waals surface area contributed by atoms with Crippen LogP contribution < -0.4 is 10.6 Å². The van der Waals surface area contributed by atoms with Gasteiger partial charge in [-0.25, -0.2) is 0 Å². The van der Waals surface area contributed by atoms with E-state index in [1.165, 1.54) is 5.56 Å². The number of methoxy groups -OCH3 is 1. The quantitative estimate of drug-likeness (QED) is 0.875. The molecule has 0 bridgehead atoms. The molecule has 0 spiro atoms. The molecule has 0 aliphatic carbocycles. The van der Waals surface area contributed by atoms with E-state index in [1.807, 2.05) is 19.2 Å². The summed E-state index contributed by atoms with van der Waals surface area (Å²) in [6.07, 6.45) is 2.99. The molecule has 2 amide bonds. The first kappa shape index (κ1) is 16.9. The van der Waals surface area contributed by atoms with Crippen molar-refractivity contribution in [1.82, 2.24) is 4.90 Å². The summed E-state index contributed by atoms with van der Waals surface area (Å²) in [5, 5.41) is 0. The van der Waals surface area contributed by atoms with E-state index in [0.29, 0.717) is 19.6 Å². The van der Waals surface area contributed by atoms with Gasteiger partial charge in [-0.2, -0.15) is 0 Å². The van der Waals surface area contributed by atoms with Gasteiger partial charge in [0.05, 0.1) is 6.61 Å². The molecule has 2 aliphatic heterocycles. The Kier molecular flexibility index (Phi) is 4.60. The number of fused-ring (bicyclic) bond motifs is 1. The zero-order valence-corrected chi connectivity index (χ0v) is 14.4. The van der Waals surface area contributed by atoms with Crippen molar-refractivity contribution in [2.45, 2.75) is 37.8 Å². The molecule has 1 aromatic carbocycles. The van der Waals surface area contributed by atoms with Crippen molar-refractivity contribution in [3.05, 3.63) is 29.3 Å². The lowest BCUT2D eigenvalue weighted by Gasteiger charge is -2.35. The molecule has 2 aliphatic rings.